The lowest BCUT2D eigenvalue weighted by Gasteiger charge is -2.08. The van der Waals surface area contributed by atoms with Crippen molar-refractivity contribution in [1.29, 1.82) is 0 Å². The maximum absolute atomic E-state index is 12.7. The largest absolute Gasteiger partial charge is 0.322 e. The second-order valence-corrected chi connectivity index (χ2v) is 13.0. The summed E-state index contributed by atoms with van der Waals surface area (Å²) in [6, 6.07) is 29.5. The second kappa shape index (κ2) is 13.4. The van der Waals surface area contributed by atoms with Crippen LogP contribution in [0.3, 0.4) is 0 Å². The van der Waals surface area contributed by atoms with Crippen molar-refractivity contribution in [3.05, 3.63) is 108 Å². The molecular weight excluding hydrogens is 611 g/mol. The molecule has 2 heterocycles. The molecule has 6 aromatic rings. The molecule has 0 aliphatic heterocycles. The van der Waals surface area contributed by atoms with E-state index in [0.717, 1.165) is 21.2 Å². The Hall–Kier alpha value is -4.52. The number of rotatable bonds is 10. The van der Waals surface area contributed by atoms with Gasteiger partial charge < -0.3 is 9.88 Å². The third kappa shape index (κ3) is 6.99. The van der Waals surface area contributed by atoms with E-state index >= 15 is 0 Å². The Kier molecular flexibility index (Phi) is 9.01. The third-order valence-electron chi connectivity index (χ3n) is 6.73. The number of aryl methyl sites for hydroxylation is 1. The number of hydrogen-bond acceptors (Lipinski definition) is 9. The Balaban J connectivity index is 1.00. The minimum Gasteiger partial charge on any atom is -0.322 e. The normalized spacial score (nSPS) is 11.0. The fourth-order valence-electron chi connectivity index (χ4n) is 4.55. The number of amides is 2. The van der Waals surface area contributed by atoms with E-state index in [-0.39, 0.29) is 17.6 Å². The van der Waals surface area contributed by atoms with Crippen LogP contribution in [0.5, 0.6) is 0 Å². The van der Waals surface area contributed by atoms with Crippen LogP contribution in [0.1, 0.15) is 21.5 Å². The van der Waals surface area contributed by atoms with Gasteiger partial charge in [-0.15, -0.1) is 20.4 Å². The molecule has 2 N–H and O–H groups in total. The number of nitrogens with one attached hydrogen (secondary N) is 2. The molecule has 6 rings (SSSR count). The minimum atomic E-state index is -0.199. The van der Waals surface area contributed by atoms with E-state index in [2.05, 4.69) is 61.4 Å². The molecule has 44 heavy (non-hydrogen) atoms. The van der Waals surface area contributed by atoms with Gasteiger partial charge in [0.25, 0.3) is 5.91 Å². The van der Waals surface area contributed by atoms with Gasteiger partial charge in [0.15, 0.2) is 15.3 Å². The van der Waals surface area contributed by atoms with Crippen molar-refractivity contribution in [1.82, 2.24) is 25.0 Å². The standard InChI is InChI=1S/C32H27N7O2S3/c1-20-7-5-10-23(17-20)29(41)33-25-15-13-22(14-16-25)28-35-37-31(39(28)2)42-19-27(40)34-30-36-38-32(44-30)43-18-24-11-6-9-21-8-3-4-12-26(21)24/h3-17H,18-19H2,1-2H3,(H,33,41)(H,34,36,40). The molecule has 0 spiro atoms. The number of fused-ring (bicyclic) bond motifs is 1. The number of nitrogens with zero attached hydrogens (tertiary/aromatic N) is 5. The highest BCUT2D eigenvalue weighted by molar-refractivity contribution is 8.00. The number of hydrogen-bond donors (Lipinski definition) is 2. The predicted molar refractivity (Wildman–Crippen MR) is 178 cm³/mol. The van der Waals surface area contributed by atoms with Gasteiger partial charge in [-0.1, -0.05) is 95.0 Å². The number of carbonyl (C=O) groups is 2. The first-order chi connectivity index (χ1) is 21.4. The van der Waals surface area contributed by atoms with Gasteiger partial charge in [-0.2, -0.15) is 0 Å². The van der Waals surface area contributed by atoms with Crippen LogP contribution in [-0.2, 0) is 17.6 Å². The molecular formula is C32H27N7O2S3. The number of anilines is 2. The van der Waals surface area contributed by atoms with Crippen LogP contribution in [0.2, 0.25) is 0 Å². The first-order valence-corrected chi connectivity index (χ1v) is 16.4. The van der Waals surface area contributed by atoms with E-state index in [4.69, 9.17) is 0 Å². The van der Waals surface area contributed by atoms with E-state index in [9.17, 15) is 9.59 Å². The SMILES string of the molecule is Cc1cccc(C(=O)Nc2ccc(-c3nnc(SCC(=O)Nc4nnc(SCc5cccc6ccccc56)s4)n3C)cc2)c1. The second-order valence-electron chi connectivity index (χ2n) is 9.90. The molecule has 12 heteroatoms. The van der Waals surface area contributed by atoms with Crippen LogP contribution >= 0.6 is 34.9 Å². The highest BCUT2D eigenvalue weighted by Gasteiger charge is 2.15. The summed E-state index contributed by atoms with van der Waals surface area (Å²) in [5.41, 5.74) is 4.38. The van der Waals surface area contributed by atoms with Crippen LogP contribution in [0.25, 0.3) is 22.2 Å². The molecule has 2 aromatic heterocycles. The number of aromatic nitrogens is 5. The number of thioether (sulfide) groups is 2. The maximum Gasteiger partial charge on any atom is 0.255 e. The Labute approximate surface area is 266 Å². The van der Waals surface area contributed by atoms with E-state index in [1.807, 2.05) is 73.1 Å². The van der Waals surface area contributed by atoms with Gasteiger partial charge in [-0.05, 0) is 59.7 Å². The van der Waals surface area contributed by atoms with Crippen molar-refractivity contribution in [2.45, 2.75) is 22.2 Å². The first-order valence-electron chi connectivity index (χ1n) is 13.7. The molecule has 0 bridgehead atoms. The summed E-state index contributed by atoms with van der Waals surface area (Å²) in [4.78, 5) is 25.2. The molecule has 0 radical (unpaired) electrons. The Bertz CT molecular complexity index is 1950. The fourth-order valence-corrected chi connectivity index (χ4v) is 7.03. The molecule has 220 valence electrons. The highest BCUT2D eigenvalue weighted by Crippen LogP contribution is 2.31. The summed E-state index contributed by atoms with van der Waals surface area (Å²) in [7, 11) is 1.85. The molecule has 2 amide bonds. The summed E-state index contributed by atoms with van der Waals surface area (Å²) in [6.07, 6.45) is 0. The average molecular weight is 638 g/mol. The topological polar surface area (TPSA) is 115 Å². The van der Waals surface area contributed by atoms with Gasteiger partial charge >= 0.3 is 0 Å². The zero-order valence-electron chi connectivity index (χ0n) is 23.9. The highest BCUT2D eigenvalue weighted by atomic mass is 32.2. The van der Waals surface area contributed by atoms with Crippen molar-refractivity contribution in [3.63, 3.8) is 0 Å². The van der Waals surface area contributed by atoms with Crippen molar-refractivity contribution in [2.24, 2.45) is 7.05 Å². The van der Waals surface area contributed by atoms with Gasteiger partial charge in [0.05, 0.1) is 5.75 Å². The molecule has 4 aromatic carbocycles. The van der Waals surface area contributed by atoms with Gasteiger partial charge in [0, 0.05) is 29.6 Å². The molecule has 0 saturated carbocycles. The number of carbonyl (C=O) groups excluding carboxylic acids is 2. The van der Waals surface area contributed by atoms with Crippen molar-refractivity contribution in [3.8, 4) is 11.4 Å². The average Bonchev–Trinajstić information content (AvgIpc) is 3.64. The molecule has 0 aliphatic rings. The van der Waals surface area contributed by atoms with Crippen LogP contribution < -0.4 is 10.6 Å². The lowest BCUT2D eigenvalue weighted by molar-refractivity contribution is -0.113. The lowest BCUT2D eigenvalue weighted by Crippen LogP contribution is -2.14. The molecule has 0 fully saturated rings. The molecule has 0 aliphatic carbocycles. The van der Waals surface area contributed by atoms with E-state index < -0.39 is 0 Å². The van der Waals surface area contributed by atoms with Crippen LogP contribution in [0.15, 0.2) is 100 Å². The third-order valence-corrected chi connectivity index (χ3v) is 9.77. The van der Waals surface area contributed by atoms with E-state index in [1.165, 1.54) is 39.4 Å². The van der Waals surface area contributed by atoms with Crippen LogP contribution in [0.4, 0.5) is 10.8 Å². The van der Waals surface area contributed by atoms with E-state index in [1.54, 1.807) is 17.8 Å². The summed E-state index contributed by atoms with van der Waals surface area (Å²) >= 11 is 4.24. The number of benzene rings is 4. The summed E-state index contributed by atoms with van der Waals surface area (Å²) in [6.45, 7) is 1.95. The van der Waals surface area contributed by atoms with Crippen molar-refractivity contribution < 1.29 is 9.59 Å². The monoisotopic (exact) mass is 637 g/mol. The smallest absolute Gasteiger partial charge is 0.255 e. The van der Waals surface area contributed by atoms with E-state index in [0.29, 0.717) is 27.4 Å². The van der Waals surface area contributed by atoms with Crippen LogP contribution in [-0.4, -0.2) is 42.5 Å². The van der Waals surface area contributed by atoms with Gasteiger partial charge in [0.2, 0.25) is 11.0 Å². The summed E-state index contributed by atoms with van der Waals surface area (Å²) < 4.78 is 2.63. The van der Waals surface area contributed by atoms with Crippen molar-refractivity contribution >= 4 is 68.3 Å². The predicted octanol–water partition coefficient (Wildman–Crippen LogP) is 7.07. The van der Waals surface area contributed by atoms with Gasteiger partial charge in [-0.25, -0.2) is 0 Å². The zero-order valence-corrected chi connectivity index (χ0v) is 26.3. The Morgan fingerprint density at radius 2 is 1.64 bits per heavy atom. The molecule has 9 nitrogen and oxygen atoms in total. The Morgan fingerprint density at radius 1 is 0.841 bits per heavy atom. The summed E-state index contributed by atoms with van der Waals surface area (Å²) in [5.74, 6) is 1.20. The van der Waals surface area contributed by atoms with Crippen LogP contribution in [0, 0.1) is 6.92 Å². The molecule has 0 atom stereocenters. The van der Waals surface area contributed by atoms with Gasteiger partial charge in [-0.3, -0.25) is 14.9 Å². The van der Waals surface area contributed by atoms with Gasteiger partial charge in [0.1, 0.15) is 0 Å². The minimum absolute atomic E-state index is 0.147. The fraction of sp³-hybridized carbons (Fsp3) is 0.125. The maximum atomic E-state index is 12.7. The molecule has 0 unspecified atom stereocenters. The molecule has 0 saturated heterocycles. The zero-order chi connectivity index (χ0) is 30.5. The quantitative estimate of drug-likeness (QED) is 0.121. The summed E-state index contributed by atoms with van der Waals surface area (Å²) in [5, 5.41) is 26.2. The van der Waals surface area contributed by atoms with Crippen molar-refractivity contribution in [2.75, 3.05) is 16.4 Å². The lowest BCUT2D eigenvalue weighted by atomic mass is 10.1. The Morgan fingerprint density at radius 3 is 2.48 bits per heavy atom. The first kappa shape index (κ1) is 29.5.